The fraction of sp³-hybridized carbons (Fsp3) is 0.474. The zero-order chi connectivity index (χ0) is 18.5. The van der Waals surface area contributed by atoms with Crippen LogP contribution in [0.2, 0.25) is 5.02 Å². The summed E-state index contributed by atoms with van der Waals surface area (Å²) in [7, 11) is 5.77. The van der Waals surface area contributed by atoms with Crippen molar-refractivity contribution in [2.75, 3.05) is 20.7 Å². The lowest BCUT2D eigenvalue weighted by atomic mass is 10.3. The molecule has 1 aliphatic carbocycles. The summed E-state index contributed by atoms with van der Waals surface area (Å²) in [6.07, 6.45) is 6.31. The molecule has 1 aliphatic rings. The minimum atomic E-state index is 0. The lowest BCUT2D eigenvalue weighted by molar-refractivity contribution is 0.288. The van der Waals surface area contributed by atoms with E-state index < -0.39 is 0 Å². The third kappa shape index (κ3) is 6.57. The fourth-order valence-corrected chi connectivity index (χ4v) is 2.97. The molecule has 8 heteroatoms. The van der Waals surface area contributed by atoms with Crippen LogP contribution in [-0.2, 0) is 20.1 Å². The van der Waals surface area contributed by atoms with E-state index in [9.17, 15) is 0 Å². The van der Waals surface area contributed by atoms with E-state index in [1.807, 2.05) is 49.3 Å². The normalized spacial score (nSPS) is 13.9. The van der Waals surface area contributed by atoms with Gasteiger partial charge in [-0.2, -0.15) is 0 Å². The highest BCUT2D eigenvalue weighted by molar-refractivity contribution is 14.0. The Kier molecular flexibility index (Phi) is 8.22. The van der Waals surface area contributed by atoms with Gasteiger partial charge < -0.3 is 19.5 Å². The number of rotatable bonds is 7. The molecule has 2 aromatic heterocycles. The van der Waals surface area contributed by atoms with Gasteiger partial charge in [-0.1, -0.05) is 17.7 Å². The summed E-state index contributed by atoms with van der Waals surface area (Å²) < 4.78 is 7.70. The van der Waals surface area contributed by atoms with E-state index in [-0.39, 0.29) is 24.0 Å². The van der Waals surface area contributed by atoms with Crippen LogP contribution in [0, 0.1) is 5.92 Å². The summed E-state index contributed by atoms with van der Waals surface area (Å²) >= 11 is 6.06. The van der Waals surface area contributed by atoms with Gasteiger partial charge in [0.25, 0.3) is 0 Å². The molecule has 27 heavy (non-hydrogen) atoms. The van der Waals surface area contributed by atoms with Gasteiger partial charge in [0.05, 0.1) is 18.2 Å². The maximum Gasteiger partial charge on any atom is 0.213 e. The second-order valence-corrected chi connectivity index (χ2v) is 7.21. The van der Waals surface area contributed by atoms with Gasteiger partial charge in [-0.15, -0.1) is 24.0 Å². The van der Waals surface area contributed by atoms with E-state index in [1.54, 1.807) is 7.05 Å². The molecule has 1 fully saturated rings. The van der Waals surface area contributed by atoms with Gasteiger partial charge in [-0.3, -0.25) is 4.99 Å². The van der Waals surface area contributed by atoms with Crippen molar-refractivity contribution in [1.82, 2.24) is 19.8 Å². The second-order valence-electron chi connectivity index (χ2n) is 6.78. The zero-order valence-electron chi connectivity index (χ0n) is 16.0. The molecule has 6 nitrogen and oxygen atoms in total. The van der Waals surface area contributed by atoms with Crippen LogP contribution >= 0.6 is 35.6 Å². The number of aliphatic imine (C=N–C) groups is 1. The van der Waals surface area contributed by atoms with Crippen LogP contribution in [0.5, 0.6) is 5.88 Å². The van der Waals surface area contributed by atoms with Crippen molar-refractivity contribution in [1.29, 1.82) is 0 Å². The van der Waals surface area contributed by atoms with Crippen LogP contribution in [-0.4, -0.2) is 41.1 Å². The number of guanidine groups is 1. The quantitative estimate of drug-likeness (QED) is 0.356. The van der Waals surface area contributed by atoms with Crippen molar-refractivity contribution in [2.24, 2.45) is 18.0 Å². The van der Waals surface area contributed by atoms with Gasteiger partial charge in [0, 0.05) is 51.8 Å². The lowest BCUT2D eigenvalue weighted by Gasteiger charge is -2.22. The number of aromatic nitrogens is 2. The molecule has 0 aromatic carbocycles. The maximum absolute atomic E-state index is 6.06. The molecular weight excluding hydrogens is 477 g/mol. The van der Waals surface area contributed by atoms with Crippen molar-refractivity contribution in [3.8, 4) is 5.88 Å². The Balaban J connectivity index is 0.00000261. The molecule has 1 N–H and O–H groups in total. The van der Waals surface area contributed by atoms with Gasteiger partial charge >= 0.3 is 0 Å². The predicted octanol–water partition coefficient (Wildman–Crippen LogP) is 3.69. The molecule has 0 atom stereocenters. The second kappa shape index (κ2) is 10.2. The average Bonchev–Trinajstić information content (AvgIpc) is 3.40. The Morgan fingerprint density at radius 2 is 2.22 bits per heavy atom. The Bertz CT molecular complexity index is 758. The molecule has 0 amide bonds. The zero-order valence-corrected chi connectivity index (χ0v) is 19.1. The first-order chi connectivity index (χ1) is 12.5. The number of aryl methyl sites for hydroxylation is 1. The van der Waals surface area contributed by atoms with E-state index >= 15 is 0 Å². The van der Waals surface area contributed by atoms with Crippen LogP contribution in [0.4, 0.5) is 0 Å². The van der Waals surface area contributed by atoms with Crippen molar-refractivity contribution >= 4 is 41.5 Å². The number of nitrogens with zero attached hydrogens (tertiary/aromatic N) is 4. The van der Waals surface area contributed by atoms with Gasteiger partial charge in [-0.25, -0.2) is 4.98 Å². The van der Waals surface area contributed by atoms with Crippen LogP contribution in [0.15, 0.2) is 35.6 Å². The van der Waals surface area contributed by atoms with E-state index in [4.69, 9.17) is 16.3 Å². The molecule has 0 aliphatic heterocycles. The molecule has 0 saturated heterocycles. The number of hydrogen-bond acceptors (Lipinski definition) is 3. The summed E-state index contributed by atoms with van der Waals surface area (Å²) in [6.45, 7) is 2.15. The van der Waals surface area contributed by atoms with Crippen molar-refractivity contribution in [3.05, 3.63) is 46.9 Å². The first-order valence-corrected chi connectivity index (χ1v) is 9.23. The third-order valence-corrected chi connectivity index (χ3v) is 4.67. The number of ether oxygens (including phenoxy) is 1. The highest BCUT2D eigenvalue weighted by Gasteiger charge is 2.22. The Labute approximate surface area is 183 Å². The van der Waals surface area contributed by atoms with Crippen LogP contribution in [0.3, 0.4) is 0 Å². The number of pyridine rings is 1. The molecule has 2 heterocycles. The molecule has 0 radical (unpaired) electrons. The smallest absolute Gasteiger partial charge is 0.213 e. The largest absolute Gasteiger partial charge is 0.477 e. The van der Waals surface area contributed by atoms with Crippen LogP contribution < -0.4 is 10.1 Å². The molecule has 3 rings (SSSR count). The van der Waals surface area contributed by atoms with Gasteiger partial charge in [-0.05, 0) is 30.4 Å². The Morgan fingerprint density at radius 3 is 2.78 bits per heavy atom. The van der Waals surface area contributed by atoms with Gasteiger partial charge in [0.2, 0.25) is 5.88 Å². The SMILES string of the molecule is CN=C(NCc1ccc(OCC2CC2)nc1)N(C)Cc1cc(Cl)cn1C.I. The molecule has 0 unspecified atom stereocenters. The summed E-state index contributed by atoms with van der Waals surface area (Å²) in [6, 6.07) is 5.93. The minimum Gasteiger partial charge on any atom is -0.477 e. The maximum atomic E-state index is 6.06. The van der Waals surface area contributed by atoms with E-state index in [0.717, 1.165) is 41.3 Å². The topological polar surface area (TPSA) is 54.7 Å². The van der Waals surface area contributed by atoms with E-state index in [2.05, 4.69) is 20.2 Å². The van der Waals surface area contributed by atoms with Crippen LogP contribution in [0.25, 0.3) is 0 Å². The molecule has 148 valence electrons. The Morgan fingerprint density at radius 1 is 1.44 bits per heavy atom. The van der Waals surface area contributed by atoms with Crippen molar-refractivity contribution < 1.29 is 4.74 Å². The molecule has 0 bridgehead atoms. The molecular formula is C19H27ClIN5O. The predicted molar refractivity (Wildman–Crippen MR) is 120 cm³/mol. The molecule has 1 saturated carbocycles. The summed E-state index contributed by atoms with van der Waals surface area (Å²) in [5.41, 5.74) is 2.21. The van der Waals surface area contributed by atoms with E-state index in [0.29, 0.717) is 12.4 Å². The highest BCUT2D eigenvalue weighted by Crippen LogP contribution is 2.29. The van der Waals surface area contributed by atoms with Crippen molar-refractivity contribution in [2.45, 2.75) is 25.9 Å². The standard InChI is InChI=1S/C19H26ClN5O.HI/c1-21-19(25(3)12-17-8-16(20)11-24(17)2)23-10-15-6-7-18(22-9-15)26-13-14-4-5-14;/h6-9,11,14H,4-5,10,12-13H2,1-3H3,(H,21,23);1H. The first kappa shape index (κ1) is 21.8. The summed E-state index contributed by atoms with van der Waals surface area (Å²) in [5, 5.41) is 4.11. The van der Waals surface area contributed by atoms with Crippen molar-refractivity contribution in [3.63, 3.8) is 0 Å². The third-order valence-electron chi connectivity index (χ3n) is 4.46. The number of halogens is 2. The van der Waals surface area contributed by atoms with E-state index in [1.165, 1.54) is 12.8 Å². The Hall–Kier alpha value is -1.48. The number of nitrogens with one attached hydrogen (secondary N) is 1. The van der Waals surface area contributed by atoms with Gasteiger partial charge in [0.15, 0.2) is 5.96 Å². The summed E-state index contributed by atoms with van der Waals surface area (Å²) in [5.74, 6) is 2.25. The minimum absolute atomic E-state index is 0. The fourth-order valence-electron chi connectivity index (χ4n) is 2.70. The number of hydrogen-bond donors (Lipinski definition) is 1. The highest BCUT2D eigenvalue weighted by atomic mass is 127. The first-order valence-electron chi connectivity index (χ1n) is 8.85. The molecule has 0 spiro atoms. The lowest BCUT2D eigenvalue weighted by Crippen LogP contribution is -2.38. The molecule has 2 aromatic rings. The van der Waals surface area contributed by atoms with Gasteiger partial charge in [0.1, 0.15) is 0 Å². The monoisotopic (exact) mass is 503 g/mol. The summed E-state index contributed by atoms with van der Waals surface area (Å²) in [4.78, 5) is 10.8. The average molecular weight is 504 g/mol. The van der Waals surface area contributed by atoms with Crippen LogP contribution in [0.1, 0.15) is 24.1 Å².